The van der Waals surface area contributed by atoms with Crippen LogP contribution in [0.25, 0.3) is 28.2 Å². The van der Waals surface area contributed by atoms with Crippen LogP contribution in [0, 0.1) is 13.8 Å². The number of nitrogens with one attached hydrogen (secondary N) is 2. The Hall–Kier alpha value is -4.86. The number of anilines is 1. The van der Waals surface area contributed by atoms with Crippen LogP contribution in [0.5, 0.6) is 0 Å². The highest BCUT2D eigenvalue weighted by molar-refractivity contribution is 6.05. The molecule has 10 nitrogen and oxygen atoms in total. The number of benzene rings is 1. The minimum Gasteiger partial charge on any atom is -0.332 e. The Morgan fingerprint density at radius 2 is 1.78 bits per heavy atom. The van der Waals surface area contributed by atoms with Gasteiger partial charge in [0.25, 0.3) is 11.5 Å². The highest BCUT2D eigenvalue weighted by Gasteiger charge is 2.20. The van der Waals surface area contributed by atoms with Gasteiger partial charge in [-0.2, -0.15) is 9.78 Å². The van der Waals surface area contributed by atoms with Crippen LogP contribution >= 0.6 is 0 Å². The molecule has 0 fully saturated rings. The molecule has 10 heteroatoms. The summed E-state index contributed by atoms with van der Waals surface area (Å²) in [6.07, 6.45) is 1.51. The molecule has 36 heavy (non-hydrogen) atoms. The molecule has 4 aromatic heterocycles. The van der Waals surface area contributed by atoms with E-state index in [4.69, 9.17) is 0 Å². The van der Waals surface area contributed by atoms with Gasteiger partial charge in [0.2, 0.25) is 11.4 Å². The molecule has 180 valence electrons. The number of rotatable bonds is 5. The van der Waals surface area contributed by atoms with E-state index < -0.39 is 11.3 Å². The standard InChI is InChI=1S/C26H23N7O3/c1-4-32-14-19(23(35)18-11-10-15(2)27-24(18)32)25(36)29-21-13-20(17-8-6-5-7-9-17)31-33(21)26-28-16(3)12-22(34)30-26/h5-14H,4H2,1-3H3,(H,29,36)(H,28,30,34). The molecule has 4 heterocycles. The van der Waals surface area contributed by atoms with E-state index in [2.05, 4.69) is 25.4 Å². The van der Waals surface area contributed by atoms with E-state index in [1.165, 1.54) is 16.9 Å². The van der Waals surface area contributed by atoms with E-state index in [1.807, 2.05) is 44.2 Å². The van der Waals surface area contributed by atoms with Crippen LogP contribution in [0.3, 0.4) is 0 Å². The number of hydrogen-bond donors (Lipinski definition) is 2. The van der Waals surface area contributed by atoms with Crippen LogP contribution < -0.4 is 16.3 Å². The zero-order valence-electron chi connectivity index (χ0n) is 19.9. The monoisotopic (exact) mass is 481 g/mol. The molecule has 5 aromatic rings. The Morgan fingerprint density at radius 3 is 2.50 bits per heavy atom. The van der Waals surface area contributed by atoms with Gasteiger partial charge in [-0.15, -0.1) is 0 Å². The highest BCUT2D eigenvalue weighted by atomic mass is 16.2. The summed E-state index contributed by atoms with van der Waals surface area (Å²) in [7, 11) is 0. The zero-order chi connectivity index (χ0) is 25.4. The normalized spacial score (nSPS) is 11.1. The van der Waals surface area contributed by atoms with Gasteiger partial charge >= 0.3 is 0 Å². The number of carbonyl (C=O) groups is 1. The van der Waals surface area contributed by atoms with Crippen LogP contribution in [0.4, 0.5) is 5.82 Å². The van der Waals surface area contributed by atoms with Crippen molar-refractivity contribution >= 4 is 22.8 Å². The van der Waals surface area contributed by atoms with Crippen molar-refractivity contribution in [2.45, 2.75) is 27.3 Å². The molecule has 0 unspecified atom stereocenters. The van der Waals surface area contributed by atoms with Crippen LogP contribution in [0.1, 0.15) is 28.7 Å². The molecule has 0 radical (unpaired) electrons. The van der Waals surface area contributed by atoms with Gasteiger partial charge in [0.15, 0.2) is 0 Å². The first-order valence-electron chi connectivity index (χ1n) is 11.4. The number of fused-ring (bicyclic) bond motifs is 1. The number of pyridine rings is 2. The summed E-state index contributed by atoms with van der Waals surface area (Å²) in [6, 6.07) is 15.8. The maximum Gasteiger partial charge on any atom is 0.262 e. The van der Waals surface area contributed by atoms with Crippen molar-refractivity contribution in [3.05, 3.63) is 98.3 Å². The molecule has 0 spiro atoms. The number of aromatic amines is 1. The summed E-state index contributed by atoms with van der Waals surface area (Å²) in [5, 5.41) is 7.72. The highest BCUT2D eigenvalue weighted by Crippen LogP contribution is 2.24. The van der Waals surface area contributed by atoms with Crippen LogP contribution in [-0.4, -0.2) is 35.2 Å². The molecule has 0 aliphatic rings. The molecular formula is C26H23N7O3. The third kappa shape index (κ3) is 4.20. The largest absolute Gasteiger partial charge is 0.332 e. The summed E-state index contributed by atoms with van der Waals surface area (Å²) in [4.78, 5) is 50.2. The van der Waals surface area contributed by atoms with Gasteiger partial charge in [-0.25, -0.2) is 9.97 Å². The Labute approximate surface area is 205 Å². The number of aromatic nitrogens is 6. The Morgan fingerprint density at radius 1 is 1.00 bits per heavy atom. The molecule has 1 aromatic carbocycles. The van der Waals surface area contributed by atoms with Crippen molar-refractivity contribution in [3.63, 3.8) is 0 Å². The predicted octanol–water partition coefficient (Wildman–Crippen LogP) is 3.22. The number of carbonyl (C=O) groups excluding carboxylic acids is 1. The lowest BCUT2D eigenvalue weighted by atomic mass is 10.1. The van der Waals surface area contributed by atoms with Crippen molar-refractivity contribution in [2.24, 2.45) is 0 Å². The molecule has 5 rings (SSSR count). The van der Waals surface area contributed by atoms with Gasteiger partial charge in [0.05, 0.1) is 11.1 Å². The van der Waals surface area contributed by atoms with Crippen molar-refractivity contribution in [2.75, 3.05) is 5.32 Å². The fourth-order valence-electron chi connectivity index (χ4n) is 3.99. The minimum atomic E-state index is -0.611. The molecule has 0 aliphatic heterocycles. The van der Waals surface area contributed by atoms with E-state index in [-0.39, 0.29) is 22.9 Å². The Balaban J connectivity index is 1.63. The molecule has 1 amide bonds. The molecule has 0 bridgehead atoms. The summed E-state index contributed by atoms with van der Waals surface area (Å²) in [5.41, 5.74) is 2.35. The minimum absolute atomic E-state index is 0.0327. The second-order valence-electron chi connectivity index (χ2n) is 8.34. The fraction of sp³-hybridized carbons (Fsp3) is 0.154. The summed E-state index contributed by atoms with van der Waals surface area (Å²) < 4.78 is 3.11. The molecule has 0 saturated heterocycles. The maximum absolute atomic E-state index is 13.4. The van der Waals surface area contributed by atoms with Gasteiger partial charge in [0.1, 0.15) is 17.0 Å². The smallest absolute Gasteiger partial charge is 0.262 e. The van der Waals surface area contributed by atoms with E-state index in [0.717, 1.165) is 11.3 Å². The first kappa shape index (κ1) is 22.9. The average Bonchev–Trinajstić information content (AvgIpc) is 3.28. The quantitative estimate of drug-likeness (QED) is 0.397. The maximum atomic E-state index is 13.4. The lowest BCUT2D eigenvalue weighted by Crippen LogP contribution is -2.25. The van der Waals surface area contributed by atoms with Gasteiger partial charge in [-0.1, -0.05) is 30.3 Å². The number of amides is 1. The molecule has 0 aliphatic carbocycles. The Bertz CT molecular complexity index is 1730. The third-order valence-electron chi connectivity index (χ3n) is 5.72. The number of aryl methyl sites for hydroxylation is 3. The van der Waals surface area contributed by atoms with Crippen LogP contribution in [-0.2, 0) is 6.54 Å². The third-order valence-corrected chi connectivity index (χ3v) is 5.72. The lowest BCUT2D eigenvalue weighted by molar-refractivity contribution is 0.102. The van der Waals surface area contributed by atoms with Crippen molar-refractivity contribution < 1.29 is 4.79 Å². The molecule has 2 N–H and O–H groups in total. The van der Waals surface area contributed by atoms with Crippen molar-refractivity contribution in [1.29, 1.82) is 0 Å². The van der Waals surface area contributed by atoms with Gasteiger partial charge in [-0.3, -0.25) is 19.4 Å². The lowest BCUT2D eigenvalue weighted by Gasteiger charge is -2.12. The van der Waals surface area contributed by atoms with Crippen LogP contribution in [0.2, 0.25) is 0 Å². The van der Waals surface area contributed by atoms with Gasteiger partial charge in [0, 0.05) is 41.8 Å². The molecule has 0 atom stereocenters. The number of H-pyrrole nitrogens is 1. The fourth-order valence-corrected chi connectivity index (χ4v) is 3.99. The molecular weight excluding hydrogens is 458 g/mol. The van der Waals surface area contributed by atoms with Crippen molar-refractivity contribution in [3.8, 4) is 17.2 Å². The van der Waals surface area contributed by atoms with E-state index in [1.54, 1.807) is 29.7 Å². The first-order chi connectivity index (χ1) is 17.3. The summed E-state index contributed by atoms with van der Waals surface area (Å²) >= 11 is 0. The molecule has 0 saturated carbocycles. The SMILES string of the molecule is CCn1cc(C(=O)Nc2cc(-c3ccccc3)nn2-c2nc(C)cc(=O)[nH]2)c(=O)c2ccc(C)nc21. The van der Waals surface area contributed by atoms with Crippen LogP contribution in [0.15, 0.2) is 70.4 Å². The number of hydrogen-bond acceptors (Lipinski definition) is 6. The van der Waals surface area contributed by atoms with Gasteiger partial charge in [-0.05, 0) is 32.9 Å². The second kappa shape index (κ2) is 9.06. The first-order valence-corrected chi connectivity index (χ1v) is 11.4. The summed E-state index contributed by atoms with van der Waals surface area (Å²) in [6.45, 7) is 5.98. The summed E-state index contributed by atoms with van der Waals surface area (Å²) in [5.74, 6) is -0.223. The van der Waals surface area contributed by atoms with E-state index >= 15 is 0 Å². The topological polar surface area (TPSA) is 128 Å². The van der Waals surface area contributed by atoms with E-state index in [0.29, 0.717) is 29.0 Å². The Kier molecular flexibility index (Phi) is 5.77. The number of nitrogens with zero attached hydrogens (tertiary/aromatic N) is 5. The second-order valence-corrected chi connectivity index (χ2v) is 8.34. The van der Waals surface area contributed by atoms with Crippen molar-refractivity contribution in [1.82, 2.24) is 29.3 Å². The average molecular weight is 482 g/mol. The zero-order valence-corrected chi connectivity index (χ0v) is 19.9. The van der Waals surface area contributed by atoms with Gasteiger partial charge < -0.3 is 9.88 Å². The van der Waals surface area contributed by atoms with E-state index in [9.17, 15) is 14.4 Å². The predicted molar refractivity (Wildman–Crippen MR) is 137 cm³/mol.